The van der Waals surface area contributed by atoms with E-state index in [9.17, 15) is 19.1 Å². The Morgan fingerprint density at radius 2 is 1.96 bits per heavy atom. The number of carbonyl (C=O) groups excluding carboxylic acids is 1. The smallest absolute Gasteiger partial charge is 0.408 e. The van der Waals surface area contributed by atoms with Crippen LogP contribution in [0.15, 0.2) is 54.7 Å². The van der Waals surface area contributed by atoms with Gasteiger partial charge in [-0.1, -0.05) is 30.3 Å². The van der Waals surface area contributed by atoms with Gasteiger partial charge in [0.2, 0.25) is 0 Å². The molecule has 3 N–H and O–H groups in total. The summed E-state index contributed by atoms with van der Waals surface area (Å²) < 4.78 is 18.3. The largest absolute Gasteiger partial charge is 0.480 e. The van der Waals surface area contributed by atoms with Crippen molar-refractivity contribution in [3.05, 3.63) is 71.7 Å². The molecular weight excluding hydrogens is 339 g/mol. The van der Waals surface area contributed by atoms with Gasteiger partial charge in [0.25, 0.3) is 0 Å². The molecule has 1 amide bonds. The normalized spacial score (nSPS) is 11.9. The number of nitrogens with one attached hydrogen (secondary N) is 2. The summed E-state index contributed by atoms with van der Waals surface area (Å²) in [5, 5.41) is 12.4. The maximum Gasteiger partial charge on any atom is 0.408 e. The molecule has 0 bridgehead atoms. The second-order valence-electron chi connectivity index (χ2n) is 5.80. The van der Waals surface area contributed by atoms with Crippen LogP contribution in [-0.2, 0) is 22.6 Å². The lowest BCUT2D eigenvalue weighted by Crippen LogP contribution is -2.42. The van der Waals surface area contributed by atoms with Crippen LogP contribution in [0.2, 0.25) is 0 Å². The molecule has 0 aliphatic carbocycles. The van der Waals surface area contributed by atoms with Crippen LogP contribution < -0.4 is 5.32 Å². The summed E-state index contributed by atoms with van der Waals surface area (Å²) in [6.45, 7) is 0.0470. The topological polar surface area (TPSA) is 91.4 Å². The number of hydrogen-bond donors (Lipinski definition) is 3. The maximum absolute atomic E-state index is 13.2. The monoisotopic (exact) mass is 356 g/mol. The van der Waals surface area contributed by atoms with Crippen LogP contribution in [-0.4, -0.2) is 28.2 Å². The molecule has 0 spiro atoms. The summed E-state index contributed by atoms with van der Waals surface area (Å²) in [6, 6.07) is 12.1. The molecule has 0 fully saturated rings. The first-order valence-corrected chi connectivity index (χ1v) is 7.98. The van der Waals surface area contributed by atoms with Crippen LogP contribution >= 0.6 is 0 Å². The number of aromatic amines is 1. The third-order valence-corrected chi connectivity index (χ3v) is 3.96. The van der Waals surface area contributed by atoms with Crippen molar-refractivity contribution in [2.45, 2.75) is 19.1 Å². The van der Waals surface area contributed by atoms with E-state index in [1.807, 2.05) is 18.2 Å². The fourth-order valence-electron chi connectivity index (χ4n) is 2.65. The van der Waals surface area contributed by atoms with Gasteiger partial charge in [0.15, 0.2) is 0 Å². The average molecular weight is 356 g/mol. The fraction of sp³-hybridized carbons (Fsp3) is 0.158. The molecule has 3 aromatic rings. The van der Waals surface area contributed by atoms with Crippen molar-refractivity contribution < 1.29 is 23.8 Å². The summed E-state index contributed by atoms with van der Waals surface area (Å²) in [5.41, 5.74) is 2.03. The molecule has 7 heteroatoms. The van der Waals surface area contributed by atoms with E-state index in [0.717, 1.165) is 5.56 Å². The molecule has 0 aliphatic heterocycles. The molecule has 0 aliphatic rings. The van der Waals surface area contributed by atoms with Gasteiger partial charge >= 0.3 is 12.1 Å². The Morgan fingerprint density at radius 3 is 2.69 bits per heavy atom. The van der Waals surface area contributed by atoms with Gasteiger partial charge in [0.05, 0.1) is 0 Å². The number of halogens is 1. The first-order chi connectivity index (χ1) is 12.5. The third-order valence-electron chi connectivity index (χ3n) is 3.96. The van der Waals surface area contributed by atoms with E-state index in [0.29, 0.717) is 16.5 Å². The van der Waals surface area contributed by atoms with Gasteiger partial charge in [-0.2, -0.15) is 0 Å². The minimum absolute atomic E-state index is 0.0431. The highest BCUT2D eigenvalue weighted by molar-refractivity contribution is 5.85. The molecule has 1 heterocycles. The number of aromatic nitrogens is 1. The predicted molar refractivity (Wildman–Crippen MR) is 93.1 cm³/mol. The fourth-order valence-corrected chi connectivity index (χ4v) is 2.65. The third kappa shape index (κ3) is 4.18. The van der Waals surface area contributed by atoms with Crippen molar-refractivity contribution in [1.82, 2.24) is 10.3 Å². The number of rotatable bonds is 6. The summed E-state index contributed by atoms with van der Waals surface area (Å²) in [5.74, 6) is -1.57. The van der Waals surface area contributed by atoms with Gasteiger partial charge < -0.3 is 20.1 Å². The molecule has 0 unspecified atom stereocenters. The highest BCUT2D eigenvalue weighted by Crippen LogP contribution is 2.20. The molecule has 1 aromatic heterocycles. The number of carboxylic acid groups (broad SMARTS) is 1. The molecular formula is C19H17FN2O4. The number of H-pyrrole nitrogens is 1. The number of carbonyl (C=O) groups is 2. The van der Waals surface area contributed by atoms with Gasteiger partial charge in [0, 0.05) is 23.5 Å². The Kier molecular flexibility index (Phi) is 5.17. The number of carboxylic acids is 1. The van der Waals surface area contributed by atoms with E-state index in [1.54, 1.807) is 24.4 Å². The molecule has 3 rings (SSSR count). The van der Waals surface area contributed by atoms with Gasteiger partial charge in [-0.25, -0.2) is 14.0 Å². The SMILES string of the molecule is O=C(N[C@@H](Cc1c[nH]c2cc(F)ccc12)C(=O)O)OCc1ccccc1. The molecule has 0 saturated carbocycles. The Balaban J connectivity index is 1.65. The maximum atomic E-state index is 13.2. The number of ether oxygens (including phenoxy) is 1. The van der Waals surface area contributed by atoms with Crippen molar-refractivity contribution in [3.8, 4) is 0 Å². The number of fused-ring (bicyclic) bond motifs is 1. The van der Waals surface area contributed by atoms with E-state index in [-0.39, 0.29) is 18.8 Å². The van der Waals surface area contributed by atoms with Crippen LogP contribution in [0, 0.1) is 5.82 Å². The summed E-state index contributed by atoms with van der Waals surface area (Å²) in [4.78, 5) is 26.3. The lowest BCUT2D eigenvalue weighted by Gasteiger charge is -2.14. The van der Waals surface area contributed by atoms with Crippen molar-refractivity contribution in [2.24, 2.45) is 0 Å². The molecule has 1 atom stereocenters. The summed E-state index contributed by atoms with van der Waals surface area (Å²) in [7, 11) is 0. The van der Waals surface area contributed by atoms with Crippen molar-refractivity contribution in [1.29, 1.82) is 0 Å². The predicted octanol–water partition coefficient (Wildman–Crippen LogP) is 3.23. The Bertz CT molecular complexity index is 924. The van der Waals surface area contributed by atoms with Gasteiger partial charge in [0.1, 0.15) is 18.5 Å². The second-order valence-corrected chi connectivity index (χ2v) is 5.80. The van der Waals surface area contributed by atoms with E-state index in [4.69, 9.17) is 4.74 Å². The first-order valence-electron chi connectivity index (χ1n) is 7.98. The molecule has 6 nitrogen and oxygen atoms in total. The standard InChI is InChI=1S/C19H17FN2O4/c20-14-6-7-15-13(10-21-16(15)9-14)8-17(18(23)24)22-19(25)26-11-12-4-2-1-3-5-12/h1-7,9-10,17,21H,8,11H2,(H,22,25)(H,23,24)/t17-/m0/s1. The first kappa shape index (κ1) is 17.5. The number of benzene rings is 2. The highest BCUT2D eigenvalue weighted by atomic mass is 19.1. The zero-order chi connectivity index (χ0) is 18.5. The second kappa shape index (κ2) is 7.69. The van der Waals surface area contributed by atoms with Gasteiger partial charge in [-0.05, 0) is 29.3 Å². The average Bonchev–Trinajstić information content (AvgIpc) is 3.02. The molecule has 0 radical (unpaired) electrons. The minimum atomic E-state index is -1.18. The summed E-state index contributed by atoms with van der Waals surface area (Å²) >= 11 is 0. The number of aliphatic carboxylic acids is 1. The lowest BCUT2D eigenvalue weighted by atomic mass is 10.1. The van der Waals surface area contributed by atoms with Gasteiger partial charge in [-0.15, -0.1) is 0 Å². The molecule has 134 valence electrons. The van der Waals surface area contributed by atoms with Crippen molar-refractivity contribution in [3.63, 3.8) is 0 Å². The number of alkyl carbamates (subject to hydrolysis) is 1. The zero-order valence-corrected chi connectivity index (χ0v) is 13.7. The van der Waals surface area contributed by atoms with Crippen LogP contribution in [0.4, 0.5) is 9.18 Å². The number of amides is 1. The Morgan fingerprint density at radius 1 is 1.19 bits per heavy atom. The van der Waals surface area contributed by atoms with Crippen molar-refractivity contribution in [2.75, 3.05) is 0 Å². The summed E-state index contributed by atoms with van der Waals surface area (Å²) in [6.07, 6.45) is 0.838. The van der Waals surface area contributed by atoms with E-state index < -0.39 is 18.1 Å². The van der Waals surface area contributed by atoms with Gasteiger partial charge in [-0.3, -0.25) is 0 Å². The minimum Gasteiger partial charge on any atom is -0.480 e. The Labute approximate surface area is 148 Å². The van der Waals surface area contributed by atoms with E-state index >= 15 is 0 Å². The van der Waals surface area contributed by atoms with Crippen molar-refractivity contribution >= 4 is 23.0 Å². The lowest BCUT2D eigenvalue weighted by molar-refractivity contribution is -0.139. The van der Waals surface area contributed by atoms with E-state index in [1.165, 1.54) is 12.1 Å². The van der Waals surface area contributed by atoms with Crippen LogP contribution in [0.1, 0.15) is 11.1 Å². The van der Waals surface area contributed by atoms with E-state index in [2.05, 4.69) is 10.3 Å². The molecule has 26 heavy (non-hydrogen) atoms. The number of hydrogen-bond acceptors (Lipinski definition) is 3. The zero-order valence-electron chi connectivity index (χ0n) is 13.7. The Hall–Kier alpha value is -3.35. The van der Waals surface area contributed by atoms with Crippen LogP contribution in [0.25, 0.3) is 10.9 Å². The molecule has 2 aromatic carbocycles. The van der Waals surface area contributed by atoms with Crippen LogP contribution in [0.3, 0.4) is 0 Å². The highest BCUT2D eigenvalue weighted by Gasteiger charge is 2.22. The quantitative estimate of drug-likeness (QED) is 0.632. The van der Waals surface area contributed by atoms with Crippen LogP contribution in [0.5, 0.6) is 0 Å². The molecule has 0 saturated heterocycles.